The zero-order chi connectivity index (χ0) is 9.54. The standard InChI is InChI=1S/C10H15N3O/c14-4-3-13-6-8-9-2-1-7(11-9)5-10(8)12-13/h6-7,9,11,14H,1-5H2/t7-,9-/m0/s1. The number of aliphatic hydroxyl groups excluding tert-OH is 1. The third-order valence-corrected chi connectivity index (χ3v) is 3.26. The number of aromatic nitrogens is 2. The Bertz CT molecular complexity index is 347. The summed E-state index contributed by atoms with van der Waals surface area (Å²) in [5.74, 6) is 0. The van der Waals surface area contributed by atoms with Gasteiger partial charge in [-0.2, -0.15) is 5.10 Å². The topological polar surface area (TPSA) is 50.1 Å². The molecule has 0 spiro atoms. The van der Waals surface area contributed by atoms with Crippen LogP contribution in [0, 0.1) is 0 Å². The van der Waals surface area contributed by atoms with Crippen LogP contribution in [0.25, 0.3) is 0 Å². The van der Waals surface area contributed by atoms with E-state index in [-0.39, 0.29) is 6.61 Å². The molecule has 2 bridgehead atoms. The maximum absolute atomic E-state index is 8.84. The van der Waals surface area contributed by atoms with Crippen molar-refractivity contribution in [3.63, 3.8) is 0 Å². The maximum atomic E-state index is 8.84. The van der Waals surface area contributed by atoms with Crippen LogP contribution in [0.5, 0.6) is 0 Å². The Hall–Kier alpha value is -0.870. The number of hydrogen-bond donors (Lipinski definition) is 2. The quantitative estimate of drug-likeness (QED) is 0.706. The average Bonchev–Trinajstić information content (AvgIpc) is 2.73. The molecular formula is C10H15N3O. The van der Waals surface area contributed by atoms with Gasteiger partial charge in [0.2, 0.25) is 0 Å². The van der Waals surface area contributed by atoms with E-state index >= 15 is 0 Å². The number of fused-ring (bicyclic) bond motifs is 4. The Morgan fingerprint density at radius 3 is 3.36 bits per heavy atom. The average molecular weight is 193 g/mol. The molecule has 1 aromatic rings. The van der Waals surface area contributed by atoms with Crippen molar-refractivity contribution in [2.45, 2.75) is 37.9 Å². The Labute approximate surface area is 82.9 Å². The Morgan fingerprint density at radius 1 is 1.57 bits per heavy atom. The lowest BCUT2D eigenvalue weighted by atomic mass is 10.0. The molecule has 0 aromatic carbocycles. The molecule has 2 aliphatic rings. The van der Waals surface area contributed by atoms with Crippen LogP contribution < -0.4 is 5.32 Å². The molecule has 3 rings (SSSR count). The van der Waals surface area contributed by atoms with Crippen molar-refractivity contribution < 1.29 is 5.11 Å². The van der Waals surface area contributed by atoms with Crippen molar-refractivity contribution in [2.24, 2.45) is 0 Å². The molecule has 0 saturated carbocycles. The molecule has 1 aromatic heterocycles. The first-order valence-electron chi connectivity index (χ1n) is 5.30. The second-order valence-corrected chi connectivity index (χ2v) is 4.22. The van der Waals surface area contributed by atoms with Crippen LogP contribution in [-0.4, -0.2) is 27.5 Å². The van der Waals surface area contributed by atoms with Crippen molar-refractivity contribution in [3.05, 3.63) is 17.5 Å². The van der Waals surface area contributed by atoms with E-state index in [9.17, 15) is 0 Å². The zero-order valence-electron chi connectivity index (χ0n) is 8.11. The smallest absolute Gasteiger partial charge is 0.0687 e. The highest BCUT2D eigenvalue weighted by Crippen LogP contribution is 2.34. The van der Waals surface area contributed by atoms with Gasteiger partial charge in [0.15, 0.2) is 0 Å². The first-order chi connectivity index (χ1) is 6.86. The first kappa shape index (κ1) is 8.44. The van der Waals surface area contributed by atoms with Crippen LogP contribution in [0.2, 0.25) is 0 Å². The predicted octanol–water partition coefficient (Wildman–Crippen LogP) is 0.225. The van der Waals surface area contributed by atoms with Gasteiger partial charge in [-0.05, 0) is 12.8 Å². The Kier molecular flexibility index (Phi) is 1.85. The summed E-state index contributed by atoms with van der Waals surface area (Å²) in [5, 5.41) is 16.9. The molecule has 2 atom stereocenters. The van der Waals surface area contributed by atoms with E-state index in [4.69, 9.17) is 5.11 Å². The molecule has 3 heterocycles. The lowest BCUT2D eigenvalue weighted by Gasteiger charge is -2.19. The molecule has 0 unspecified atom stereocenters. The van der Waals surface area contributed by atoms with E-state index < -0.39 is 0 Å². The van der Waals surface area contributed by atoms with Gasteiger partial charge in [-0.3, -0.25) is 4.68 Å². The lowest BCUT2D eigenvalue weighted by molar-refractivity contribution is 0.269. The summed E-state index contributed by atoms with van der Waals surface area (Å²) in [5.41, 5.74) is 2.59. The second kappa shape index (κ2) is 3.07. The van der Waals surface area contributed by atoms with Gasteiger partial charge in [0, 0.05) is 30.3 Å². The summed E-state index contributed by atoms with van der Waals surface area (Å²) in [4.78, 5) is 0. The van der Waals surface area contributed by atoms with Crippen LogP contribution in [-0.2, 0) is 13.0 Å². The van der Waals surface area contributed by atoms with Gasteiger partial charge in [0.1, 0.15) is 0 Å². The number of hydrogen-bond acceptors (Lipinski definition) is 3. The van der Waals surface area contributed by atoms with E-state index in [1.807, 2.05) is 4.68 Å². The molecule has 4 nitrogen and oxygen atoms in total. The van der Waals surface area contributed by atoms with Crippen LogP contribution in [0.3, 0.4) is 0 Å². The molecule has 14 heavy (non-hydrogen) atoms. The van der Waals surface area contributed by atoms with Crippen LogP contribution in [0.1, 0.15) is 30.1 Å². The van der Waals surface area contributed by atoms with Gasteiger partial charge in [0.25, 0.3) is 0 Å². The molecule has 2 aliphatic heterocycles. The normalized spacial score (nSPS) is 29.2. The maximum Gasteiger partial charge on any atom is 0.0687 e. The van der Waals surface area contributed by atoms with Crippen LogP contribution >= 0.6 is 0 Å². The monoisotopic (exact) mass is 193 g/mol. The number of nitrogens with one attached hydrogen (secondary N) is 1. The summed E-state index contributed by atoms with van der Waals surface area (Å²) >= 11 is 0. The first-order valence-corrected chi connectivity index (χ1v) is 5.30. The van der Waals surface area contributed by atoms with Crippen molar-refractivity contribution in [1.82, 2.24) is 15.1 Å². The third kappa shape index (κ3) is 1.18. The molecular weight excluding hydrogens is 178 g/mol. The highest BCUT2D eigenvalue weighted by Gasteiger charge is 2.33. The molecule has 2 N–H and O–H groups in total. The lowest BCUT2D eigenvalue weighted by Crippen LogP contribution is -2.31. The highest BCUT2D eigenvalue weighted by atomic mass is 16.3. The van der Waals surface area contributed by atoms with Gasteiger partial charge in [-0.25, -0.2) is 0 Å². The molecule has 0 radical (unpaired) electrons. The molecule has 0 amide bonds. The molecule has 4 heteroatoms. The Balaban J connectivity index is 1.94. The van der Waals surface area contributed by atoms with Gasteiger partial charge < -0.3 is 10.4 Å². The van der Waals surface area contributed by atoms with Gasteiger partial charge in [-0.1, -0.05) is 0 Å². The SMILES string of the molecule is OCCn1cc2c(n1)C[C@@H]1CC[C@@H]2N1. The minimum Gasteiger partial charge on any atom is -0.394 e. The van der Waals surface area contributed by atoms with Crippen LogP contribution in [0.4, 0.5) is 0 Å². The van der Waals surface area contributed by atoms with Crippen molar-refractivity contribution in [2.75, 3.05) is 6.61 Å². The minimum absolute atomic E-state index is 0.169. The third-order valence-electron chi connectivity index (χ3n) is 3.26. The van der Waals surface area contributed by atoms with Gasteiger partial charge in [0.05, 0.1) is 18.8 Å². The molecule has 76 valence electrons. The van der Waals surface area contributed by atoms with Crippen molar-refractivity contribution in [3.8, 4) is 0 Å². The summed E-state index contributed by atoms with van der Waals surface area (Å²) in [6, 6.07) is 1.17. The summed E-state index contributed by atoms with van der Waals surface area (Å²) in [6.45, 7) is 0.784. The minimum atomic E-state index is 0.169. The fraction of sp³-hybridized carbons (Fsp3) is 0.700. The molecule has 1 fully saturated rings. The summed E-state index contributed by atoms with van der Waals surface area (Å²) in [7, 11) is 0. The van der Waals surface area contributed by atoms with E-state index in [2.05, 4.69) is 16.6 Å². The second-order valence-electron chi connectivity index (χ2n) is 4.22. The zero-order valence-corrected chi connectivity index (χ0v) is 8.11. The summed E-state index contributed by atoms with van der Waals surface area (Å²) in [6.07, 6.45) is 5.67. The van der Waals surface area contributed by atoms with Crippen molar-refractivity contribution >= 4 is 0 Å². The number of nitrogens with zero attached hydrogens (tertiary/aromatic N) is 2. The van der Waals surface area contributed by atoms with Crippen LogP contribution in [0.15, 0.2) is 6.20 Å². The van der Waals surface area contributed by atoms with Gasteiger partial charge in [-0.15, -0.1) is 0 Å². The molecule has 0 aliphatic carbocycles. The fourth-order valence-corrected chi connectivity index (χ4v) is 2.60. The van der Waals surface area contributed by atoms with E-state index in [0.29, 0.717) is 18.6 Å². The van der Waals surface area contributed by atoms with E-state index in [1.165, 1.54) is 24.1 Å². The van der Waals surface area contributed by atoms with E-state index in [1.54, 1.807) is 0 Å². The molecule has 1 saturated heterocycles. The summed E-state index contributed by atoms with van der Waals surface area (Å²) < 4.78 is 1.87. The van der Waals surface area contributed by atoms with Crippen molar-refractivity contribution in [1.29, 1.82) is 0 Å². The largest absolute Gasteiger partial charge is 0.394 e. The predicted molar refractivity (Wildman–Crippen MR) is 51.9 cm³/mol. The van der Waals surface area contributed by atoms with E-state index in [0.717, 1.165) is 6.42 Å². The number of rotatable bonds is 2. The number of aliphatic hydroxyl groups is 1. The fourth-order valence-electron chi connectivity index (χ4n) is 2.60. The highest BCUT2D eigenvalue weighted by molar-refractivity contribution is 5.27. The van der Waals surface area contributed by atoms with Gasteiger partial charge >= 0.3 is 0 Å². The Morgan fingerprint density at radius 2 is 2.50 bits per heavy atom.